The Kier molecular flexibility index (Phi) is 3.16. The van der Waals surface area contributed by atoms with Crippen LogP contribution in [0.3, 0.4) is 0 Å². The first-order valence-electron chi connectivity index (χ1n) is 4.87. The Balaban J connectivity index is 2.08. The fourth-order valence-corrected chi connectivity index (χ4v) is 1.34. The summed E-state index contributed by atoms with van der Waals surface area (Å²) < 4.78 is 10.0. The fraction of sp³-hybridized carbons (Fsp3) is 0.273. The van der Waals surface area contributed by atoms with E-state index in [2.05, 4.69) is 10.1 Å². The van der Waals surface area contributed by atoms with Gasteiger partial charge in [0, 0.05) is 0 Å². The largest absolute Gasteiger partial charge is 0.497 e. The van der Waals surface area contributed by atoms with E-state index in [-0.39, 0.29) is 6.61 Å². The molecule has 2 rings (SSSR count). The molecule has 0 atom stereocenters. The van der Waals surface area contributed by atoms with Gasteiger partial charge in [0.2, 0.25) is 5.89 Å². The van der Waals surface area contributed by atoms with Crippen molar-refractivity contribution in [3.63, 3.8) is 0 Å². The highest BCUT2D eigenvalue weighted by molar-refractivity contribution is 5.28. The van der Waals surface area contributed by atoms with E-state index in [1.165, 1.54) is 0 Å². The van der Waals surface area contributed by atoms with Gasteiger partial charge in [0.1, 0.15) is 12.4 Å². The summed E-state index contributed by atoms with van der Waals surface area (Å²) in [5.41, 5.74) is 1.05. The van der Waals surface area contributed by atoms with Crippen LogP contribution in [0.25, 0.3) is 0 Å². The summed E-state index contributed by atoms with van der Waals surface area (Å²) in [5.74, 6) is 1.61. The van der Waals surface area contributed by atoms with Gasteiger partial charge in [0.25, 0.3) is 0 Å². The van der Waals surface area contributed by atoms with Gasteiger partial charge in [-0.05, 0) is 17.7 Å². The van der Waals surface area contributed by atoms with Crippen molar-refractivity contribution in [2.75, 3.05) is 7.11 Å². The van der Waals surface area contributed by atoms with Crippen LogP contribution < -0.4 is 4.74 Å². The first-order chi connectivity index (χ1) is 7.81. The minimum Gasteiger partial charge on any atom is -0.497 e. The summed E-state index contributed by atoms with van der Waals surface area (Å²) in [6.07, 6.45) is 0.553. The number of ether oxygens (including phenoxy) is 1. The molecule has 0 unspecified atom stereocenters. The van der Waals surface area contributed by atoms with Crippen molar-refractivity contribution >= 4 is 0 Å². The number of aromatic nitrogens is 2. The zero-order valence-corrected chi connectivity index (χ0v) is 8.88. The van der Waals surface area contributed by atoms with Gasteiger partial charge in [0.15, 0.2) is 5.82 Å². The molecule has 0 fully saturated rings. The Morgan fingerprint density at radius 2 is 2.06 bits per heavy atom. The maximum Gasteiger partial charge on any atom is 0.231 e. The highest BCUT2D eigenvalue weighted by Crippen LogP contribution is 2.13. The Hall–Kier alpha value is -1.88. The van der Waals surface area contributed by atoms with E-state index in [1.54, 1.807) is 7.11 Å². The molecule has 5 heteroatoms. The molecule has 0 saturated carbocycles. The minimum atomic E-state index is -0.202. The number of hydrogen-bond acceptors (Lipinski definition) is 5. The summed E-state index contributed by atoms with van der Waals surface area (Å²) in [7, 11) is 1.63. The van der Waals surface area contributed by atoms with Crippen molar-refractivity contribution in [3.05, 3.63) is 41.5 Å². The topological polar surface area (TPSA) is 68.4 Å². The van der Waals surface area contributed by atoms with Crippen molar-refractivity contribution in [2.24, 2.45) is 0 Å². The molecule has 0 saturated heterocycles. The fourth-order valence-electron chi connectivity index (χ4n) is 1.34. The van der Waals surface area contributed by atoms with E-state index in [0.29, 0.717) is 18.1 Å². The molecular weight excluding hydrogens is 208 g/mol. The summed E-state index contributed by atoms with van der Waals surface area (Å²) in [6, 6.07) is 7.61. The molecule has 5 nitrogen and oxygen atoms in total. The third kappa shape index (κ3) is 2.38. The minimum absolute atomic E-state index is 0.202. The van der Waals surface area contributed by atoms with Gasteiger partial charge in [-0.15, -0.1) is 0 Å². The van der Waals surface area contributed by atoms with Crippen LogP contribution in [-0.2, 0) is 13.0 Å². The molecule has 0 spiro atoms. The molecule has 2 aromatic rings. The van der Waals surface area contributed by atoms with E-state index in [9.17, 15) is 0 Å². The number of aliphatic hydroxyl groups is 1. The van der Waals surface area contributed by atoms with Gasteiger partial charge in [-0.1, -0.05) is 17.3 Å². The first kappa shape index (κ1) is 10.6. The molecule has 1 aromatic carbocycles. The van der Waals surface area contributed by atoms with E-state index in [0.717, 1.165) is 11.3 Å². The predicted molar refractivity (Wildman–Crippen MR) is 56.0 cm³/mol. The first-order valence-corrected chi connectivity index (χ1v) is 4.87. The van der Waals surface area contributed by atoms with Gasteiger partial charge in [-0.3, -0.25) is 0 Å². The molecular formula is C11H12N2O3. The molecule has 0 aliphatic rings. The maximum absolute atomic E-state index is 8.78. The lowest BCUT2D eigenvalue weighted by Crippen LogP contribution is -1.90. The third-order valence-corrected chi connectivity index (χ3v) is 2.17. The zero-order chi connectivity index (χ0) is 11.4. The van der Waals surface area contributed by atoms with Crippen molar-refractivity contribution in [1.82, 2.24) is 10.1 Å². The van der Waals surface area contributed by atoms with Crippen LogP contribution in [0, 0.1) is 0 Å². The van der Waals surface area contributed by atoms with Gasteiger partial charge < -0.3 is 14.4 Å². The Morgan fingerprint density at radius 1 is 1.31 bits per heavy atom. The zero-order valence-electron chi connectivity index (χ0n) is 8.88. The maximum atomic E-state index is 8.78. The number of rotatable bonds is 4. The Labute approximate surface area is 92.7 Å². The standard InChI is InChI=1S/C11H12N2O3/c1-15-9-4-2-8(3-5-9)6-11-12-10(7-14)13-16-11/h2-5,14H,6-7H2,1H3. The Morgan fingerprint density at radius 3 is 2.62 bits per heavy atom. The highest BCUT2D eigenvalue weighted by Gasteiger charge is 2.06. The summed E-state index contributed by atoms with van der Waals surface area (Å²) >= 11 is 0. The van der Waals surface area contributed by atoms with Crippen LogP contribution in [0.2, 0.25) is 0 Å². The molecule has 0 radical (unpaired) electrons. The predicted octanol–water partition coefficient (Wildman–Crippen LogP) is 1.16. The second-order valence-corrected chi connectivity index (χ2v) is 3.29. The number of benzene rings is 1. The van der Waals surface area contributed by atoms with Gasteiger partial charge in [0.05, 0.1) is 13.5 Å². The van der Waals surface area contributed by atoms with E-state index in [1.807, 2.05) is 24.3 Å². The molecule has 84 valence electrons. The SMILES string of the molecule is COc1ccc(Cc2nc(CO)no2)cc1. The van der Waals surface area contributed by atoms with Crippen LogP contribution in [0.5, 0.6) is 5.75 Å². The molecule has 0 aliphatic carbocycles. The summed E-state index contributed by atoms with van der Waals surface area (Å²) in [4.78, 5) is 4.01. The summed E-state index contributed by atoms with van der Waals surface area (Å²) in [6.45, 7) is -0.202. The van der Waals surface area contributed by atoms with Crippen molar-refractivity contribution in [3.8, 4) is 5.75 Å². The van der Waals surface area contributed by atoms with Gasteiger partial charge >= 0.3 is 0 Å². The third-order valence-electron chi connectivity index (χ3n) is 2.17. The molecule has 1 aromatic heterocycles. The molecule has 1 N–H and O–H groups in total. The van der Waals surface area contributed by atoms with Crippen LogP contribution >= 0.6 is 0 Å². The smallest absolute Gasteiger partial charge is 0.231 e. The second-order valence-electron chi connectivity index (χ2n) is 3.29. The normalized spacial score (nSPS) is 10.4. The van der Waals surface area contributed by atoms with Crippen LogP contribution in [0.15, 0.2) is 28.8 Å². The van der Waals surface area contributed by atoms with E-state index >= 15 is 0 Å². The molecule has 0 bridgehead atoms. The monoisotopic (exact) mass is 220 g/mol. The lowest BCUT2D eigenvalue weighted by molar-refractivity contribution is 0.263. The van der Waals surface area contributed by atoms with Crippen LogP contribution in [0.1, 0.15) is 17.3 Å². The van der Waals surface area contributed by atoms with Crippen molar-refractivity contribution < 1.29 is 14.4 Å². The number of nitrogens with zero attached hydrogens (tertiary/aromatic N) is 2. The second kappa shape index (κ2) is 4.76. The van der Waals surface area contributed by atoms with E-state index in [4.69, 9.17) is 14.4 Å². The lowest BCUT2D eigenvalue weighted by Gasteiger charge is -2.00. The highest BCUT2D eigenvalue weighted by atomic mass is 16.5. The molecule has 0 amide bonds. The van der Waals surface area contributed by atoms with Crippen LogP contribution in [-0.4, -0.2) is 22.4 Å². The van der Waals surface area contributed by atoms with Crippen LogP contribution in [0.4, 0.5) is 0 Å². The van der Waals surface area contributed by atoms with Crippen molar-refractivity contribution in [1.29, 1.82) is 0 Å². The van der Waals surface area contributed by atoms with Crippen molar-refractivity contribution in [2.45, 2.75) is 13.0 Å². The lowest BCUT2D eigenvalue weighted by atomic mass is 10.1. The molecule has 1 heterocycles. The number of hydrogen-bond donors (Lipinski definition) is 1. The molecule has 16 heavy (non-hydrogen) atoms. The molecule has 0 aliphatic heterocycles. The number of methoxy groups -OCH3 is 1. The average Bonchev–Trinajstić information content (AvgIpc) is 2.78. The van der Waals surface area contributed by atoms with Gasteiger partial charge in [-0.25, -0.2) is 0 Å². The summed E-state index contributed by atoms with van der Waals surface area (Å²) in [5, 5.41) is 12.4. The van der Waals surface area contributed by atoms with E-state index < -0.39 is 0 Å². The number of aliphatic hydroxyl groups excluding tert-OH is 1. The van der Waals surface area contributed by atoms with Gasteiger partial charge in [-0.2, -0.15) is 4.98 Å². The quantitative estimate of drug-likeness (QED) is 0.837. The Bertz CT molecular complexity index is 451. The average molecular weight is 220 g/mol.